The molecule has 0 aliphatic heterocycles. The molecule has 0 saturated heterocycles. The molecule has 5 heteroatoms. The van der Waals surface area contributed by atoms with Crippen molar-refractivity contribution < 1.29 is 23.8 Å². The first-order valence-corrected chi connectivity index (χ1v) is 7.50. The van der Waals surface area contributed by atoms with Crippen molar-refractivity contribution in [2.75, 3.05) is 13.7 Å². The summed E-state index contributed by atoms with van der Waals surface area (Å²) in [5.74, 6) is 0.650. The molecule has 24 heavy (non-hydrogen) atoms. The summed E-state index contributed by atoms with van der Waals surface area (Å²) < 4.78 is 15.9. The number of benzene rings is 2. The molecule has 0 aromatic heterocycles. The molecular weight excluding hydrogens is 308 g/mol. The van der Waals surface area contributed by atoms with Gasteiger partial charge in [-0.2, -0.15) is 0 Å². The summed E-state index contributed by atoms with van der Waals surface area (Å²) in [5.41, 5.74) is 2.68. The molecule has 0 aliphatic carbocycles. The van der Waals surface area contributed by atoms with Crippen molar-refractivity contribution in [1.29, 1.82) is 0 Å². The van der Waals surface area contributed by atoms with Crippen LogP contribution in [0, 0.1) is 13.8 Å². The number of ketones is 1. The topological polar surface area (TPSA) is 61.8 Å². The summed E-state index contributed by atoms with van der Waals surface area (Å²) in [6, 6.07) is 10.2. The molecule has 5 nitrogen and oxygen atoms in total. The zero-order valence-corrected chi connectivity index (χ0v) is 14.2. The maximum atomic E-state index is 11.9. The first kappa shape index (κ1) is 17.5. The maximum absolute atomic E-state index is 11.9. The lowest BCUT2D eigenvalue weighted by atomic mass is 10.1. The number of carbonyl (C=O) groups is 2. The molecule has 2 rings (SSSR count). The predicted octanol–water partition coefficient (Wildman–Crippen LogP) is 3.50. The van der Waals surface area contributed by atoms with Gasteiger partial charge in [-0.3, -0.25) is 4.79 Å². The number of hydrogen-bond acceptors (Lipinski definition) is 5. The molecule has 0 unspecified atom stereocenters. The third kappa shape index (κ3) is 4.35. The van der Waals surface area contributed by atoms with E-state index in [9.17, 15) is 9.59 Å². The number of rotatable bonds is 6. The second kappa shape index (κ2) is 7.64. The van der Waals surface area contributed by atoms with Gasteiger partial charge in [0.05, 0.1) is 7.11 Å². The highest BCUT2D eigenvalue weighted by Crippen LogP contribution is 2.28. The van der Waals surface area contributed by atoms with Crippen molar-refractivity contribution in [3.63, 3.8) is 0 Å². The highest BCUT2D eigenvalue weighted by atomic mass is 16.6. The van der Waals surface area contributed by atoms with E-state index in [1.165, 1.54) is 14.0 Å². The highest BCUT2D eigenvalue weighted by molar-refractivity contribution is 5.94. The molecule has 0 amide bonds. The molecule has 0 atom stereocenters. The van der Waals surface area contributed by atoms with E-state index >= 15 is 0 Å². The lowest BCUT2D eigenvalue weighted by molar-refractivity contribution is -0.136. The fourth-order valence-electron chi connectivity index (χ4n) is 2.08. The molecule has 0 N–H and O–H groups in total. The predicted molar refractivity (Wildman–Crippen MR) is 90.0 cm³/mol. The minimum absolute atomic E-state index is 0.0750. The number of hydrogen-bond donors (Lipinski definition) is 0. The average Bonchev–Trinajstić information content (AvgIpc) is 2.56. The Bertz CT molecular complexity index is 764. The van der Waals surface area contributed by atoms with Gasteiger partial charge in [-0.25, -0.2) is 4.79 Å². The molecular formula is C19H20O5. The normalized spacial score (nSPS) is 10.2. The van der Waals surface area contributed by atoms with Crippen molar-refractivity contribution in [3.8, 4) is 17.2 Å². The van der Waals surface area contributed by atoms with Gasteiger partial charge < -0.3 is 14.2 Å². The van der Waals surface area contributed by atoms with Gasteiger partial charge in [0.1, 0.15) is 5.75 Å². The molecule has 2 aromatic rings. The SMILES string of the molecule is COc1cc(C(C)=O)ccc1OCC(=O)Oc1ccc(C)c(C)c1. The molecule has 0 bridgehead atoms. The number of Topliss-reactive ketones (excluding diaryl/α,β-unsaturated/α-hetero) is 1. The van der Waals surface area contributed by atoms with Crippen LogP contribution in [0.1, 0.15) is 28.4 Å². The van der Waals surface area contributed by atoms with E-state index < -0.39 is 5.97 Å². The molecule has 0 radical (unpaired) electrons. The summed E-state index contributed by atoms with van der Waals surface area (Å²) in [4.78, 5) is 23.3. The molecule has 0 heterocycles. The molecule has 0 aliphatic rings. The minimum Gasteiger partial charge on any atom is -0.493 e. The number of methoxy groups -OCH3 is 1. The quantitative estimate of drug-likeness (QED) is 0.461. The monoisotopic (exact) mass is 328 g/mol. The third-order valence-corrected chi connectivity index (χ3v) is 3.63. The Kier molecular flexibility index (Phi) is 5.58. The highest BCUT2D eigenvalue weighted by Gasteiger charge is 2.12. The van der Waals surface area contributed by atoms with Gasteiger partial charge in [-0.1, -0.05) is 6.07 Å². The Balaban J connectivity index is 2.00. The van der Waals surface area contributed by atoms with Gasteiger partial charge in [-0.05, 0) is 62.2 Å². The first-order chi connectivity index (χ1) is 11.4. The summed E-state index contributed by atoms with van der Waals surface area (Å²) >= 11 is 0. The Morgan fingerprint density at radius 1 is 0.958 bits per heavy atom. The van der Waals surface area contributed by atoms with Crippen molar-refractivity contribution in [2.45, 2.75) is 20.8 Å². The van der Waals surface area contributed by atoms with Crippen LogP contribution in [-0.2, 0) is 4.79 Å². The van der Waals surface area contributed by atoms with Crippen LogP contribution in [0.15, 0.2) is 36.4 Å². The molecule has 126 valence electrons. The van der Waals surface area contributed by atoms with E-state index in [-0.39, 0.29) is 12.4 Å². The lowest BCUT2D eigenvalue weighted by Crippen LogP contribution is -2.18. The van der Waals surface area contributed by atoms with Gasteiger partial charge >= 0.3 is 5.97 Å². The van der Waals surface area contributed by atoms with Crippen molar-refractivity contribution in [2.24, 2.45) is 0 Å². The van der Waals surface area contributed by atoms with Crippen molar-refractivity contribution in [3.05, 3.63) is 53.1 Å². The minimum atomic E-state index is -0.518. The van der Waals surface area contributed by atoms with E-state index in [1.807, 2.05) is 19.9 Å². The number of esters is 1. The van der Waals surface area contributed by atoms with Crippen molar-refractivity contribution in [1.82, 2.24) is 0 Å². The van der Waals surface area contributed by atoms with Crippen LogP contribution in [0.25, 0.3) is 0 Å². The lowest BCUT2D eigenvalue weighted by Gasteiger charge is -2.11. The number of carbonyl (C=O) groups excluding carboxylic acids is 2. The molecule has 0 fully saturated rings. The van der Waals surface area contributed by atoms with Crippen LogP contribution in [0.4, 0.5) is 0 Å². The van der Waals surface area contributed by atoms with Crippen LogP contribution in [0.5, 0.6) is 17.2 Å². The van der Waals surface area contributed by atoms with Crippen LogP contribution >= 0.6 is 0 Å². The van der Waals surface area contributed by atoms with Gasteiger partial charge in [0, 0.05) is 5.56 Å². The second-order valence-electron chi connectivity index (χ2n) is 5.43. The maximum Gasteiger partial charge on any atom is 0.349 e. The van der Waals surface area contributed by atoms with Gasteiger partial charge in [0.2, 0.25) is 0 Å². The zero-order chi connectivity index (χ0) is 17.7. The Morgan fingerprint density at radius 2 is 1.71 bits per heavy atom. The Hall–Kier alpha value is -2.82. The molecule has 0 spiro atoms. The van der Waals surface area contributed by atoms with Gasteiger partial charge in [0.25, 0.3) is 0 Å². The Labute approximate surface area is 141 Å². The van der Waals surface area contributed by atoms with E-state index in [1.54, 1.807) is 30.3 Å². The molecule has 0 saturated carbocycles. The number of aryl methyl sites for hydroxylation is 2. The summed E-state index contributed by atoms with van der Waals surface area (Å²) in [5, 5.41) is 0. The Morgan fingerprint density at radius 3 is 2.33 bits per heavy atom. The van der Waals surface area contributed by atoms with Crippen LogP contribution in [-0.4, -0.2) is 25.5 Å². The van der Waals surface area contributed by atoms with E-state index in [4.69, 9.17) is 14.2 Å². The summed E-state index contributed by atoms with van der Waals surface area (Å²) in [6.07, 6.45) is 0. The van der Waals surface area contributed by atoms with E-state index in [2.05, 4.69) is 0 Å². The van der Waals surface area contributed by atoms with E-state index in [0.717, 1.165) is 11.1 Å². The first-order valence-electron chi connectivity index (χ1n) is 7.50. The fraction of sp³-hybridized carbons (Fsp3) is 0.263. The fourth-order valence-corrected chi connectivity index (χ4v) is 2.08. The zero-order valence-electron chi connectivity index (χ0n) is 14.2. The van der Waals surface area contributed by atoms with Crippen LogP contribution in [0.2, 0.25) is 0 Å². The van der Waals surface area contributed by atoms with Crippen LogP contribution in [0.3, 0.4) is 0 Å². The van der Waals surface area contributed by atoms with Gasteiger partial charge in [0.15, 0.2) is 23.9 Å². The van der Waals surface area contributed by atoms with Crippen LogP contribution < -0.4 is 14.2 Å². The van der Waals surface area contributed by atoms with Gasteiger partial charge in [-0.15, -0.1) is 0 Å². The smallest absolute Gasteiger partial charge is 0.349 e. The summed E-state index contributed by atoms with van der Waals surface area (Å²) in [6.45, 7) is 5.14. The largest absolute Gasteiger partial charge is 0.493 e. The second-order valence-corrected chi connectivity index (χ2v) is 5.43. The van der Waals surface area contributed by atoms with E-state index in [0.29, 0.717) is 22.8 Å². The molecule has 2 aromatic carbocycles. The standard InChI is InChI=1S/C19H20O5/c1-12-5-7-16(9-13(12)2)24-19(21)11-23-17-8-6-15(14(3)20)10-18(17)22-4/h5-10H,11H2,1-4H3. The number of ether oxygens (including phenoxy) is 3. The summed E-state index contributed by atoms with van der Waals surface area (Å²) in [7, 11) is 1.47. The van der Waals surface area contributed by atoms with Crippen molar-refractivity contribution >= 4 is 11.8 Å². The third-order valence-electron chi connectivity index (χ3n) is 3.63. The average molecular weight is 328 g/mol.